The summed E-state index contributed by atoms with van der Waals surface area (Å²) < 4.78 is 5.16. The predicted molar refractivity (Wildman–Crippen MR) is 61.7 cm³/mol. The van der Waals surface area contributed by atoms with Gasteiger partial charge in [0.05, 0.1) is 6.26 Å². The van der Waals surface area contributed by atoms with E-state index in [2.05, 4.69) is 20.8 Å². The van der Waals surface area contributed by atoms with E-state index in [4.69, 9.17) is 10.3 Å². The van der Waals surface area contributed by atoms with Gasteiger partial charge in [-0.1, -0.05) is 13.8 Å². The molecule has 0 aliphatic rings. The van der Waals surface area contributed by atoms with Crippen LogP contribution in [0, 0.1) is 5.92 Å². The van der Waals surface area contributed by atoms with Crippen molar-refractivity contribution in [1.82, 2.24) is 25.6 Å². The van der Waals surface area contributed by atoms with Crippen LogP contribution in [0.3, 0.4) is 0 Å². The molecule has 2 rings (SSSR count). The van der Waals surface area contributed by atoms with Gasteiger partial charge >= 0.3 is 0 Å². The predicted octanol–water partition coefficient (Wildman–Crippen LogP) is 0.120. The molecule has 3 N–H and O–H groups in total. The van der Waals surface area contributed by atoms with Crippen molar-refractivity contribution in [3.63, 3.8) is 0 Å². The third-order valence-electron chi connectivity index (χ3n) is 2.46. The number of furan rings is 1. The number of carbonyl (C=O) groups excluding carboxylic acids is 1. The number of hydrogen-bond donors (Lipinski definition) is 2. The summed E-state index contributed by atoms with van der Waals surface area (Å²) in [6.07, 6.45) is 1.52. The third kappa shape index (κ3) is 2.23. The van der Waals surface area contributed by atoms with Crippen LogP contribution in [0.15, 0.2) is 22.8 Å². The zero-order valence-corrected chi connectivity index (χ0v) is 10.1. The van der Waals surface area contributed by atoms with Gasteiger partial charge in [-0.15, -0.1) is 10.2 Å². The Labute approximate surface area is 103 Å². The van der Waals surface area contributed by atoms with Crippen molar-refractivity contribution in [3.8, 4) is 11.6 Å². The number of amides is 1. The highest BCUT2D eigenvalue weighted by Gasteiger charge is 2.26. The van der Waals surface area contributed by atoms with E-state index in [1.807, 2.05) is 13.8 Å². The van der Waals surface area contributed by atoms with Crippen LogP contribution in [0.25, 0.3) is 11.6 Å². The van der Waals surface area contributed by atoms with Crippen molar-refractivity contribution in [3.05, 3.63) is 18.4 Å². The summed E-state index contributed by atoms with van der Waals surface area (Å²) in [4.78, 5) is 12.9. The van der Waals surface area contributed by atoms with E-state index in [-0.39, 0.29) is 11.8 Å². The summed E-state index contributed by atoms with van der Waals surface area (Å²) >= 11 is 0. The van der Waals surface area contributed by atoms with Gasteiger partial charge in [0.2, 0.25) is 5.82 Å². The van der Waals surface area contributed by atoms with Crippen molar-refractivity contribution in [2.24, 2.45) is 11.8 Å². The number of carbonyl (C=O) groups is 1. The number of aromatic nitrogens is 4. The summed E-state index contributed by atoms with van der Waals surface area (Å²) in [5.74, 6) is 5.58. The number of rotatable bonds is 4. The van der Waals surface area contributed by atoms with Crippen molar-refractivity contribution in [1.29, 1.82) is 0 Å². The molecule has 2 aromatic heterocycles. The lowest BCUT2D eigenvalue weighted by Crippen LogP contribution is -2.40. The molecule has 0 saturated carbocycles. The first-order valence-corrected chi connectivity index (χ1v) is 5.47. The summed E-state index contributed by atoms with van der Waals surface area (Å²) in [6.45, 7) is 3.74. The Balaban J connectivity index is 2.30. The summed E-state index contributed by atoms with van der Waals surface area (Å²) in [6, 6.07) is 2.84. The van der Waals surface area contributed by atoms with E-state index >= 15 is 0 Å². The van der Waals surface area contributed by atoms with Crippen molar-refractivity contribution >= 4 is 5.91 Å². The topological polar surface area (TPSA) is 112 Å². The maximum atomic E-state index is 11.7. The minimum Gasteiger partial charge on any atom is -0.461 e. The first kappa shape index (κ1) is 12.2. The van der Waals surface area contributed by atoms with Crippen LogP contribution in [0.4, 0.5) is 0 Å². The summed E-state index contributed by atoms with van der Waals surface area (Å²) in [7, 11) is 0. The zero-order chi connectivity index (χ0) is 13.1. The van der Waals surface area contributed by atoms with Crippen LogP contribution in [-0.4, -0.2) is 26.1 Å². The minimum absolute atomic E-state index is 0.0211. The highest BCUT2D eigenvalue weighted by atomic mass is 16.3. The summed E-state index contributed by atoms with van der Waals surface area (Å²) in [5, 5.41) is 11.8. The molecule has 0 aliphatic heterocycles. The lowest BCUT2D eigenvalue weighted by atomic mass is 10.1. The van der Waals surface area contributed by atoms with Crippen LogP contribution in [-0.2, 0) is 4.79 Å². The molecule has 2 heterocycles. The molecular weight excluding hydrogens is 236 g/mol. The summed E-state index contributed by atoms with van der Waals surface area (Å²) in [5.41, 5.74) is 2.10. The molecule has 1 atom stereocenters. The van der Waals surface area contributed by atoms with E-state index in [9.17, 15) is 4.79 Å². The Morgan fingerprint density at radius 1 is 1.56 bits per heavy atom. The first-order valence-electron chi connectivity index (χ1n) is 5.47. The average Bonchev–Trinajstić information content (AvgIpc) is 2.98. The second-order valence-electron chi connectivity index (χ2n) is 4.11. The largest absolute Gasteiger partial charge is 0.461 e. The molecule has 0 bridgehead atoms. The van der Waals surface area contributed by atoms with Gasteiger partial charge in [-0.2, -0.15) is 4.80 Å². The molecule has 96 valence electrons. The Kier molecular flexibility index (Phi) is 3.38. The van der Waals surface area contributed by atoms with E-state index in [0.717, 1.165) is 0 Å². The van der Waals surface area contributed by atoms with Gasteiger partial charge in [0.15, 0.2) is 11.8 Å². The Hall–Kier alpha value is -2.22. The Morgan fingerprint density at radius 2 is 2.33 bits per heavy atom. The lowest BCUT2D eigenvalue weighted by molar-refractivity contribution is -0.126. The number of hydrogen-bond acceptors (Lipinski definition) is 6. The van der Waals surface area contributed by atoms with Crippen LogP contribution in [0.2, 0.25) is 0 Å². The number of hydrazine groups is 1. The van der Waals surface area contributed by atoms with Gasteiger partial charge in [-0.25, -0.2) is 5.84 Å². The van der Waals surface area contributed by atoms with E-state index in [1.54, 1.807) is 12.1 Å². The maximum Gasteiger partial charge on any atom is 0.260 e. The second kappa shape index (κ2) is 4.96. The van der Waals surface area contributed by atoms with Crippen LogP contribution >= 0.6 is 0 Å². The molecule has 2 aromatic rings. The maximum absolute atomic E-state index is 11.7. The monoisotopic (exact) mass is 250 g/mol. The molecule has 18 heavy (non-hydrogen) atoms. The zero-order valence-electron chi connectivity index (χ0n) is 10.1. The smallest absolute Gasteiger partial charge is 0.260 e. The number of nitrogens with zero attached hydrogens (tertiary/aromatic N) is 4. The quantitative estimate of drug-likeness (QED) is 0.453. The molecule has 1 unspecified atom stereocenters. The molecule has 0 radical (unpaired) electrons. The van der Waals surface area contributed by atoms with Crippen LogP contribution < -0.4 is 11.3 Å². The van der Waals surface area contributed by atoms with Crippen molar-refractivity contribution < 1.29 is 9.21 Å². The highest BCUT2D eigenvalue weighted by molar-refractivity contribution is 5.79. The molecule has 0 aromatic carbocycles. The van der Waals surface area contributed by atoms with Gasteiger partial charge in [-0.05, 0) is 23.3 Å². The standard InChI is InChI=1S/C10H14N6O2/c1-6(2)8(10(17)12-11)16-14-9(13-15-16)7-4-3-5-18-7/h3-6,8H,11H2,1-2H3,(H,12,17). The third-order valence-corrected chi connectivity index (χ3v) is 2.46. The molecule has 0 fully saturated rings. The van der Waals surface area contributed by atoms with Crippen LogP contribution in [0.5, 0.6) is 0 Å². The average molecular weight is 250 g/mol. The fourth-order valence-corrected chi connectivity index (χ4v) is 1.61. The Bertz CT molecular complexity index is 518. The minimum atomic E-state index is -0.605. The molecule has 0 spiro atoms. The van der Waals surface area contributed by atoms with E-state index < -0.39 is 6.04 Å². The highest BCUT2D eigenvalue weighted by Crippen LogP contribution is 2.18. The van der Waals surface area contributed by atoms with Gasteiger partial charge < -0.3 is 4.42 Å². The number of nitrogens with one attached hydrogen (secondary N) is 1. The lowest BCUT2D eigenvalue weighted by Gasteiger charge is -2.16. The number of nitrogens with two attached hydrogens (primary N) is 1. The number of tetrazole rings is 1. The van der Waals surface area contributed by atoms with Gasteiger partial charge in [0, 0.05) is 0 Å². The molecule has 1 amide bonds. The molecule has 0 aliphatic carbocycles. The fraction of sp³-hybridized carbons (Fsp3) is 0.400. The molecule has 8 nitrogen and oxygen atoms in total. The molecule has 0 saturated heterocycles. The SMILES string of the molecule is CC(C)C(C(=O)NN)n1nnc(-c2ccco2)n1. The van der Waals surface area contributed by atoms with Crippen LogP contribution in [0.1, 0.15) is 19.9 Å². The van der Waals surface area contributed by atoms with Gasteiger partial charge in [0.25, 0.3) is 5.91 Å². The Morgan fingerprint density at radius 3 is 2.89 bits per heavy atom. The van der Waals surface area contributed by atoms with Crippen molar-refractivity contribution in [2.75, 3.05) is 0 Å². The molecule has 8 heteroatoms. The van der Waals surface area contributed by atoms with Gasteiger partial charge in [-0.3, -0.25) is 10.2 Å². The van der Waals surface area contributed by atoms with E-state index in [0.29, 0.717) is 11.6 Å². The normalized spacial score (nSPS) is 12.7. The van der Waals surface area contributed by atoms with E-state index in [1.165, 1.54) is 11.1 Å². The fourth-order valence-electron chi connectivity index (χ4n) is 1.61. The first-order chi connectivity index (χ1) is 8.63. The van der Waals surface area contributed by atoms with Gasteiger partial charge in [0.1, 0.15) is 0 Å². The second-order valence-corrected chi connectivity index (χ2v) is 4.11. The van der Waals surface area contributed by atoms with Crippen molar-refractivity contribution in [2.45, 2.75) is 19.9 Å². The molecular formula is C10H14N6O2.